The number of rotatable bonds is 5. The van der Waals surface area contributed by atoms with Crippen molar-refractivity contribution < 1.29 is 4.79 Å². The average molecular weight is 201 g/mol. The van der Waals surface area contributed by atoms with Crippen molar-refractivity contribution in [1.29, 1.82) is 0 Å². The molecular formula is C12H27NO. The summed E-state index contributed by atoms with van der Waals surface area (Å²) in [4.78, 5) is 11.5. The van der Waals surface area contributed by atoms with Gasteiger partial charge in [-0.25, -0.2) is 0 Å². The lowest BCUT2D eigenvalue weighted by Crippen LogP contribution is -2.37. The molecule has 86 valence electrons. The molecule has 1 unspecified atom stereocenters. The Morgan fingerprint density at radius 1 is 1.14 bits per heavy atom. The van der Waals surface area contributed by atoms with Crippen molar-refractivity contribution in [3.63, 3.8) is 0 Å². The summed E-state index contributed by atoms with van der Waals surface area (Å²) < 4.78 is 0. The van der Waals surface area contributed by atoms with Crippen LogP contribution in [0.1, 0.15) is 48.0 Å². The van der Waals surface area contributed by atoms with Crippen molar-refractivity contribution in [2.45, 2.75) is 54.0 Å². The fourth-order valence-electron chi connectivity index (χ4n) is 1.25. The minimum absolute atomic E-state index is 0.0463. The summed E-state index contributed by atoms with van der Waals surface area (Å²) in [5.41, 5.74) is 0. The third-order valence-corrected chi connectivity index (χ3v) is 1.97. The summed E-state index contributed by atoms with van der Waals surface area (Å²) >= 11 is 0. The predicted molar refractivity (Wildman–Crippen MR) is 63.5 cm³/mol. The van der Waals surface area contributed by atoms with Crippen LogP contribution >= 0.6 is 0 Å². The van der Waals surface area contributed by atoms with Crippen molar-refractivity contribution in [1.82, 2.24) is 5.32 Å². The summed E-state index contributed by atoms with van der Waals surface area (Å²) in [6.07, 6.45) is 0.938. The molecule has 0 fully saturated rings. The zero-order valence-electron chi connectivity index (χ0n) is 10.8. The van der Waals surface area contributed by atoms with Gasteiger partial charge in [0.1, 0.15) is 0 Å². The van der Waals surface area contributed by atoms with E-state index in [2.05, 4.69) is 19.2 Å². The molecule has 1 N–H and O–H groups in total. The zero-order chi connectivity index (χ0) is 11.7. The van der Waals surface area contributed by atoms with E-state index < -0.39 is 0 Å². The fraction of sp³-hybridized carbons (Fsp3) is 0.917. The van der Waals surface area contributed by atoms with Crippen LogP contribution in [-0.4, -0.2) is 18.9 Å². The number of hydrogen-bond acceptors (Lipinski definition) is 2. The van der Waals surface area contributed by atoms with E-state index in [9.17, 15) is 4.79 Å². The lowest BCUT2D eigenvalue weighted by Gasteiger charge is -2.18. The molecule has 0 spiro atoms. The van der Waals surface area contributed by atoms with E-state index >= 15 is 0 Å². The highest BCUT2D eigenvalue weighted by Gasteiger charge is 2.19. The zero-order valence-corrected chi connectivity index (χ0v) is 10.8. The molecule has 0 aliphatic rings. The maximum absolute atomic E-state index is 11.5. The first kappa shape index (κ1) is 16.1. The molecule has 0 rings (SSSR count). The Balaban J connectivity index is 0. The van der Waals surface area contributed by atoms with Crippen molar-refractivity contribution in [2.75, 3.05) is 7.05 Å². The number of carbonyl (C=O) groups is 1. The molecule has 0 saturated heterocycles. The molecule has 0 saturated carbocycles. The molecule has 0 aromatic rings. The molecule has 0 aliphatic carbocycles. The predicted octanol–water partition coefficient (Wildman–Crippen LogP) is 2.87. The van der Waals surface area contributed by atoms with Crippen LogP contribution in [0.4, 0.5) is 0 Å². The van der Waals surface area contributed by atoms with Gasteiger partial charge < -0.3 is 5.32 Å². The van der Waals surface area contributed by atoms with Crippen LogP contribution in [-0.2, 0) is 4.79 Å². The Hall–Kier alpha value is -0.370. The molecule has 2 heteroatoms. The van der Waals surface area contributed by atoms with Gasteiger partial charge in [0, 0.05) is 5.92 Å². The van der Waals surface area contributed by atoms with Gasteiger partial charge in [0.25, 0.3) is 0 Å². The molecule has 0 amide bonds. The fourth-order valence-corrected chi connectivity index (χ4v) is 1.25. The summed E-state index contributed by atoms with van der Waals surface area (Å²) in [5.74, 6) is 1.04. The molecular weight excluding hydrogens is 174 g/mol. The minimum atomic E-state index is 0.0463. The number of nitrogens with one attached hydrogen (secondary N) is 1. The van der Waals surface area contributed by atoms with Gasteiger partial charge >= 0.3 is 0 Å². The van der Waals surface area contributed by atoms with Crippen LogP contribution in [0.3, 0.4) is 0 Å². The molecule has 0 aliphatic heterocycles. The molecule has 0 heterocycles. The monoisotopic (exact) mass is 201 g/mol. The van der Waals surface area contributed by atoms with E-state index in [-0.39, 0.29) is 12.0 Å². The maximum atomic E-state index is 11.5. The van der Waals surface area contributed by atoms with E-state index in [1.807, 2.05) is 34.7 Å². The summed E-state index contributed by atoms with van der Waals surface area (Å²) in [6, 6.07) is 0.0463. The van der Waals surface area contributed by atoms with Crippen LogP contribution < -0.4 is 5.32 Å². The summed E-state index contributed by atoms with van der Waals surface area (Å²) in [7, 11) is 1.85. The van der Waals surface area contributed by atoms with Gasteiger partial charge in [-0.1, -0.05) is 41.5 Å². The molecule has 0 radical (unpaired) electrons. The van der Waals surface area contributed by atoms with Crippen molar-refractivity contribution >= 4 is 5.78 Å². The first-order valence-corrected chi connectivity index (χ1v) is 5.70. The number of carbonyl (C=O) groups excluding carboxylic acids is 1. The maximum Gasteiger partial charge on any atom is 0.152 e. The number of Topliss-reactive ketones (excluding diaryl/α,β-unsaturated/α-hetero) is 1. The van der Waals surface area contributed by atoms with E-state index in [1.165, 1.54) is 0 Å². The lowest BCUT2D eigenvalue weighted by atomic mass is 9.94. The molecule has 0 aromatic heterocycles. The first-order valence-electron chi connectivity index (χ1n) is 5.70. The van der Waals surface area contributed by atoms with Crippen LogP contribution in [0.25, 0.3) is 0 Å². The summed E-state index contributed by atoms with van der Waals surface area (Å²) in [5, 5.41) is 3.06. The number of ketones is 1. The van der Waals surface area contributed by atoms with Crippen molar-refractivity contribution in [3.8, 4) is 0 Å². The molecule has 0 aromatic carbocycles. The van der Waals surface area contributed by atoms with Crippen LogP contribution in [0.2, 0.25) is 0 Å². The van der Waals surface area contributed by atoms with Gasteiger partial charge in [0.15, 0.2) is 5.78 Å². The Labute approximate surface area is 89.5 Å². The van der Waals surface area contributed by atoms with Gasteiger partial charge in [-0.05, 0) is 19.4 Å². The lowest BCUT2D eigenvalue weighted by molar-refractivity contribution is -0.124. The van der Waals surface area contributed by atoms with Crippen LogP contribution in [0.15, 0.2) is 0 Å². The normalized spacial score (nSPS) is 12.4. The highest BCUT2D eigenvalue weighted by molar-refractivity contribution is 5.85. The Morgan fingerprint density at radius 3 is 1.79 bits per heavy atom. The van der Waals surface area contributed by atoms with E-state index in [4.69, 9.17) is 0 Å². The SMILES string of the molecule is CC.CNC(CC(C)C)C(=O)C(C)C. The molecule has 1 atom stereocenters. The second-order valence-electron chi connectivity index (χ2n) is 4.03. The topological polar surface area (TPSA) is 29.1 Å². The Bertz CT molecular complexity index is 141. The second-order valence-corrected chi connectivity index (χ2v) is 4.03. The van der Waals surface area contributed by atoms with Crippen molar-refractivity contribution in [2.24, 2.45) is 11.8 Å². The first-order chi connectivity index (χ1) is 6.49. The van der Waals surface area contributed by atoms with Gasteiger partial charge in [-0.2, -0.15) is 0 Å². The standard InChI is InChI=1S/C10H21NO.C2H6/c1-7(2)6-9(11-5)10(12)8(3)4;1-2/h7-9,11H,6H2,1-5H3;1-2H3. The summed E-state index contributed by atoms with van der Waals surface area (Å²) in [6.45, 7) is 12.2. The third kappa shape index (κ3) is 7.07. The van der Waals surface area contributed by atoms with E-state index in [0.717, 1.165) is 6.42 Å². The largest absolute Gasteiger partial charge is 0.311 e. The van der Waals surface area contributed by atoms with E-state index in [1.54, 1.807) is 0 Å². The van der Waals surface area contributed by atoms with Gasteiger partial charge in [0.2, 0.25) is 0 Å². The number of likely N-dealkylation sites (N-methyl/N-ethyl adjacent to an activating group) is 1. The Kier molecular flexibility index (Phi) is 10.6. The highest BCUT2D eigenvalue weighted by Crippen LogP contribution is 2.09. The second kappa shape index (κ2) is 9.20. The third-order valence-electron chi connectivity index (χ3n) is 1.97. The smallest absolute Gasteiger partial charge is 0.152 e. The highest BCUT2D eigenvalue weighted by atomic mass is 16.1. The Morgan fingerprint density at radius 2 is 1.57 bits per heavy atom. The van der Waals surface area contributed by atoms with Gasteiger partial charge in [0.05, 0.1) is 6.04 Å². The molecule has 2 nitrogen and oxygen atoms in total. The van der Waals surface area contributed by atoms with E-state index in [0.29, 0.717) is 11.7 Å². The van der Waals surface area contributed by atoms with Crippen molar-refractivity contribution in [3.05, 3.63) is 0 Å². The van der Waals surface area contributed by atoms with Gasteiger partial charge in [-0.15, -0.1) is 0 Å². The van der Waals surface area contributed by atoms with Crippen LogP contribution in [0, 0.1) is 11.8 Å². The quantitative estimate of drug-likeness (QED) is 0.741. The van der Waals surface area contributed by atoms with Gasteiger partial charge in [-0.3, -0.25) is 4.79 Å². The average Bonchev–Trinajstić information content (AvgIpc) is 2.15. The molecule has 0 bridgehead atoms. The minimum Gasteiger partial charge on any atom is -0.311 e. The molecule has 14 heavy (non-hydrogen) atoms. The van der Waals surface area contributed by atoms with Crippen LogP contribution in [0.5, 0.6) is 0 Å². The number of hydrogen-bond donors (Lipinski definition) is 1.